The number of halogens is 1. The van der Waals surface area contributed by atoms with Crippen LogP contribution in [0.15, 0.2) is 18.2 Å². The van der Waals surface area contributed by atoms with Gasteiger partial charge in [-0.3, -0.25) is 4.79 Å². The largest absolute Gasteiger partial charge is 0.506 e. The number of unbranched alkanes of at least 4 members (excludes halogenated alkanes) is 1. The summed E-state index contributed by atoms with van der Waals surface area (Å²) in [6.45, 7) is 0. The van der Waals surface area contributed by atoms with Gasteiger partial charge >= 0.3 is 0 Å². The third kappa shape index (κ3) is 5.35. The zero-order chi connectivity index (χ0) is 13.5. The lowest BCUT2D eigenvalue weighted by molar-refractivity contribution is -0.116. The van der Waals surface area contributed by atoms with Crippen LogP contribution < -0.4 is 5.32 Å². The highest BCUT2D eigenvalue weighted by molar-refractivity contribution is 6.30. The molecule has 1 rings (SSSR count). The van der Waals surface area contributed by atoms with Crippen LogP contribution in [-0.4, -0.2) is 27.5 Å². The molecule has 0 spiro atoms. The third-order valence-corrected chi connectivity index (χ3v) is 2.59. The zero-order valence-corrected chi connectivity index (χ0v) is 10.5. The second-order valence-electron chi connectivity index (χ2n) is 3.94. The normalized spacial score (nSPS) is 10.7. The average molecular weight is 274 g/mol. The Morgan fingerprint density at radius 1 is 1.33 bits per heavy atom. The summed E-state index contributed by atoms with van der Waals surface area (Å²) in [4.78, 5) is 11.5. The number of benzene rings is 1. The van der Waals surface area contributed by atoms with Gasteiger partial charge in [-0.05, 0) is 31.4 Å². The molecule has 0 unspecified atom stereocenters. The maximum atomic E-state index is 11.5. The molecular weight excluding hydrogens is 258 g/mol. The number of aliphatic hydroxyl groups excluding tert-OH is 1. The molecule has 0 aliphatic heterocycles. The second-order valence-corrected chi connectivity index (χ2v) is 4.37. The molecule has 5 nitrogen and oxygen atoms in total. The molecule has 0 fully saturated rings. The van der Waals surface area contributed by atoms with Gasteiger partial charge in [-0.1, -0.05) is 11.6 Å². The number of nitrogens with one attached hydrogen (secondary N) is 1. The Morgan fingerprint density at radius 3 is 2.67 bits per heavy atom. The van der Waals surface area contributed by atoms with E-state index in [2.05, 4.69) is 5.32 Å². The molecule has 0 saturated heterocycles. The third-order valence-electron chi connectivity index (χ3n) is 2.35. The summed E-state index contributed by atoms with van der Waals surface area (Å²) in [6, 6.07) is 4.44. The molecule has 18 heavy (non-hydrogen) atoms. The number of hydrogen-bond acceptors (Lipinski definition) is 4. The molecule has 1 aromatic carbocycles. The van der Waals surface area contributed by atoms with Crippen LogP contribution >= 0.6 is 11.6 Å². The SMILES string of the molecule is O=C(CCCCC(O)O)Nc1ccc(Cl)cc1O. The first-order valence-corrected chi connectivity index (χ1v) is 6.01. The quantitative estimate of drug-likeness (QED) is 0.362. The van der Waals surface area contributed by atoms with Gasteiger partial charge < -0.3 is 20.6 Å². The summed E-state index contributed by atoms with van der Waals surface area (Å²) < 4.78 is 0. The molecule has 0 atom stereocenters. The van der Waals surface area contributed by atoms with Crippen LogP contribution in [0.5, 0.6) is 5.75 Å². The molecule has 0 saturated carbocycles. The lowest BCUT2D eigenvalue weighted by Crippen LogP contribution is -2.11. The van der Waals surface area contributed by atoms with Gasteiger partial charge in [0, 0.05) is 17.5 Å². The second kappa shape index (κ2) is 7.20. The number of carbonyl (C=O) groups is 1. The van der Waals surface area contributed by atoms with Crippen LogP contribution in [0, 0.1) is 0 Å². The minimum atomic E-state index is -1.33. The van der Waals surface area contributed by atoms with Gasteiger partial charge in [0.25, 0.3) is 0 Å². The van der Waals surface area contributed by atoms with E-state index >= 15 is 0 Å². The standard InChI is InChI=1S/C12H16ClNO4/c13-8-5-6-9(10(15)7-8)14-11(16)3-1-2-4-12(17)18/h5-7,12,15,17-18H,1-4H2,(H,14,16). The Hall–Kier alpha value is -1.30. The van der Waals surface area contributed by atoms with Crippen molar-refractivity contribution in [3.8, 4) is 5.75 Å². The lowest BCUT2D eigenvalue weighted by Gasteiger charge is -2.07. The van der Waals surface area contributed by atoms with Gasteiger partial charge in [0.2, 0.25) is 5.91 Å². The predicted molar refractivity (Wildman–Crippen MR) is 68.4 cm³/mol. The van der Waals surface area contributed by atoms with E-state index < -0.39 is 6.29 Å². The van der Waals surface area contributed by atoms with E-state index in [0.717, 1.165) is 0 Å². The summed E-state index contributed by atoms with van der Waals surface area (Å²) >= 11 is 5.67. The Bertz CT molecular complexity index is 409. The van der Waals surface area contributed by atoms with Crippen LogP contribution in [0.3, 0.4) is 0 Å². The summed E-state index contributed by atoms with van der Waals surface area (Å²) in [5.74, 6) is -0.318. The molecule has 100 valence electrons. The fourth-order valence-electron chi connectivity index (χ4n) is 1.44. The van der Waals surface area contributed by atoms with Crippen LogP contribution in [0.2, 0.25) is 5.02 Å². The zero-order valence-electron chi connectivity index (χ0n) is 9.77. The Balaban J connectivity index is 2.35. The monoisotopic (exact) mass is 273 g/mol. The van der Waals surface area contributed by atoms with Crippen LogP contribution in [0.1, 0.15) is 25.7 Å². The highest BCUT2D eigenvalue weighted by atomic mass is 35.5. The summed E-state index contributed by atoms with van der Waals surface area (Å²) in [7, 11) is 0. The van der Waals surface area contributed by atoms with Crippen molar-refractivity contribution in [1.29, 1.82) is 0 Å². The van der Waals surface area contributed by atoms with Crippen molar-refractivity contribution in [2.45, 2.75) is 32.0 Å². The number of hydrogen-bond donors (Lipinski definition) is 4. The van der Waals surface area contributed by atoms with Crippen LogP contribution in [0.25, 0.3) is 0 Å². The molecule has 1 amide bonds. The minimum absolute atomic E-state index is 0.0818. The summed E-state index contributed by atoms with van der Waals surface area (Å²) in [6.07, 6.45) is 0.289. The fourth-order valence-corrected chi connectivity index (χ4v) is 1.60. The van der Waals surface area contributed by atoms with Gasteiger partial charge in [-0.25, -0.2) is 0 Å². The Kier molecular flexibility index (Phi) is 5.91. The van der Waals surface area contributed by atoms with Gasteiger partial charge in [-0.15, -0.1) is 0 Å². The highest BCUT2D eigenvalue weighted by Crippen LogP contribution is 2.26. The molecule has 0 aliphatic carbocycles. The highest BCUT2D eigenvalue weighted by Gasteiger charge is 2.07. The van der Waals surface area contributed by atoms with E-state index in [-0.39, 0.29) is 24.5 Å². The Morgan fingerprint density at radius 2 is 2.06 bits per heavy atom. The lowest BCUT2D eigenvalue weighted by atomic mass is 10.2. The molecular formula is C12H16ClNO4. The number of phenolic OH excluding ortho intramolecular Hbond substituents is 1. The topological polar surface area (TPSA) is 89.8 Å². The Labute approximate surface area is 110 Å². The molecule has 0 radical (unpaired) electrons. The van der Waals surface area contributed by atoms with E-state index in [1.807, 2.05) is 0 Å². The van der Waals surface area contributed by atoms with Crippen LogP contribution in [0.4, 0.5) is 5.69 Å². The van der Waals surface area contributed by atoms with Crippen molar-refractivity contribution < 1.29 is 20.1 Å². The minimum Gasteiger partial charge on any atom is -0.506 e. The summed E-state index contributed by atoms with van der Waals surface area (Å²) in [5.41, 5.74) is 0.312. The molecule has 0 bridgehead atoms. The van der Waals surface area contributed by atoms with Crippen molar-refractivity contribution in [3.63, 3.8) is 0 Å². The first kappa shape index (κ1) is 14.8. The maximum absolute atomic E-state index is 11.5. The van der Waals surface area contributed by atoms with Gasteiger partial charge in [0.15, 0.2) is 6.29 Å². The molecule has 6 heteroatoms. The fraction of sp³-hybridized carbons (Fsp3) is 0.417. The van der Waals surface area contributed by atoms with Crippen molar-refractivity contribution in [1.82, 2.24) is 0 Å². The van der Waals surface area contributed by atoms with E-state index in [0.29, 0.717) is 23.6 Å². The number of anilines is 1. The van der Waals surface area contributed by atoms with Gasteiger partial charge in [-0.2, -0.15) is 0 Å². The molecule has 4 N–H and O–H groups in total. The first-order chi connectivity index (χ1) is 8.49. The van der Waals surface area contributed by atoms with Gasteiger partial charge in [0.1, 0.15) is 5.75 Å². The van der Waals surface area contributed by atoms with Crippen molar-refractivity contribution in [3.05, 3.63) is 23.2 Å². The van der Waals surface area contributed by atoms with E-state index in [1.165, 1.54) is 12.1 Å². The van der Waals surface area contributed by atoms with Crippen LogP contribution in [-0.2, 0) is 4.79 Å². The number of aliphatic hydroxyl groups is 2. The number of amides is 1. The average Bonchev–Trinajstić information content (AvgIpc) is 2.28. The molecule has 1 aromatic rings. The summed E-state index contributed by atoms with van der Waals surface area (Å²) in [5, 5.41) is 29.7. The maximum Gasteiger partial charge on any atom is 0.224 e. The molecule has 0 aliphatic rings. The van der Waals surface area contributed by atoms with E-state index in [4.69, 9.17) is 21.8 Å². The number of phenols is 1. The number of carbonyl (C=O) groups excluding carboxylic acids is 1. The molecule has 0 heterocycles. The van der Waals surface area contributed by atoms with Crippen molar-refractivity contribution in [2.24, 2.45) is 0 Å². The van der Waals surface area contributed by atoms with E-state index in [9.17, 15) is 9.90 Å². The number of rotatable bonds is 6. The van der Waals surface area contributed by atoms with Crippen molar-refractivity contribution >= 4 is 23.2 Å². The first-order valence-electron chi connectivity index (χ1n) is 5.63. The van der Waals surface area contributed by atoms with Crippen molar-refractivity contribution in [2.75, 3.05) is 5.32 Å². The predicted octanol–water partition coefficient (Wildman–Crippen LogP) is 1.86. The molecule has 0 aromatic heterocycles. The van der Waals surface area contributed by atoms with E-state index in [1.54, 1.807) is 6.07 Å². The smallest absolute Gasteiger partial charge is 0.224 e. The number of aromatic hydroxyl groups is 1. The van der Waals surface area contributed by atoms with Gasteiger partial charge in [0.05, 0.1) is 5.69 Å².